The molecule has 2 fully saturated rings. The topological polar surface area (TPSA) is 78.0 Å². The first kappa shape index (κ1) is 22.7. The lowest BCUT2D eigenvalue weighted by atomic mass is 10.1. The van der Waals surface area contributed by atoms with Crippen molar-refractivity contribution in [1.29, 1.82) is 0 Å². The molecular weight excluding hydrogens is 450 g/mol. The van der Waals surface area contributed by atoms with Gasteiger partial charge in [0.2, 0.25) is 21.8 Å². The lowest BCUT2D eigenvalue weighted by Crippen LogP contribution is -2.53. The molecule has 2 aliphatic heterocycles. The lowest BCUT2D eigenvalue weighted by molar-refractivity contribution is -0.139. The molecule has 1 atom stereocenters. The highest BCUT2D eigenvalue weighted by Crippen LogP contribution is 2.25. The van der Waals surface area contributed by atoms with Crippen molar-refractivity contribution in [2.45, 2.75) is 23.8 Å². The zero-order valence-corrected chi connectivity index (χ0v) is 19.7. The van der Waals surface area contributed by atoms with E-state index in [0.717, 1.165) is 16.3 Å². The number of sulfonamides is 1. The lowest BCUT2D eigenvalue weighted by Gasteiger charge is -2.36. The van der Waals surface area contributed by atoms with Gasteiger partial charge in [-0.15, -0.1) is 0 Å². The number of nitrogens with zero attached hydrogens (tertiary/aromatic N) is 3. The Bertz CT molecular complexity index is 1320. The molecule has 3 aromatic rings. The third-order valence-electron chi connectivity index (χ3n) is 6.76. The molecule has 2 amide bonds. The summed E-state index contributed by atoms with van der Waals surface area (Å²) < 4.78 is 27.9. The molecule has 0 unspecified atom stereocenters. The van der Waals surface area contributed by atoms with E-state index in [1.807, 2.05) is 65.6 Å². The molecule has 2 saturated heterocycles. The van der Waals surface area contributed by atoms with Crippen LogP contribution in [-0.4, -0.2) is 73.1 Å². The zero-order valence-electron chi connectivity index (χ0n) is 18.8. The number of amides is 2. The van der Waals surface area contributed by atoms with Crippen LogP contribution in [0.1, 0.15) is 12.0 Å². The first-order valence-corrected chi connectivity index (χ1v) is 13.0. The average Bonchev–Trinajstić information content (AvgIpc) is 3.16. The maximum absolute atomic E-state index is 13.2. The van der Waals surface area contributed by atoms with E-state index in [2.05, 4.69) is 0 Å². The Morgan fingerprint density at radius 1 is 0.794 bits per heavy atom. The molecule has 0 radical (unpaired) electrons. The summed E-state index contributed by atoms with van der Waals surface area (Å²) in [7, 11) is -3.63. The van der Waals surface area contributed by atoms with Crippen molar-refractivity contribution in [3.05, 3.63) is 78.4 Å². The van der Waals surface area contributed by atoms with Gasteiger partial charge < -0.3 is 0 Å². The Labute approximate surface area is 199 Å². The molecular formula is C26H27N3O4S. The van der Waals surface area contributed by atoms with Crippen molar-refractivity contribution in [3.63, 3.8) is 0 Å². The zero-order chi connectivity index (χ0) is 23.7. The maximum Gasteiger partial charge on any atom is 0.247 e. The number of carbonyl (C=O) groups excluding carboxylic acids is 2. The van der Waals surface area contributed by atoms with E-state index in [4.69, 9.17) is 0 Å². The number of benzene rings is 3. The van der Waals surface area contributed by atoms with Gasteiger partial charge in [0.1, 0.15) is 0 Å². The summed E-state index contributed by atoms with van der Waals surface area (Å²) in [5.41, 5.74) is 1.08. The fourth-order valence-corrected chi connectivity index (χ4v) is 6.26. The monoisotopic (exact) mass is 477 g/mol. The Morgan fingerprint density at radius 2 is 1.47 bits per heavy atom. The fourth-order valence-electron chi connectivity index (χ4n) is 4.80. The second kappa shape index (κ2) is 9.29. The molecule has 3 aromatic carbocycles. The van der Waals surface area contributed by atoms with Crippen LogP contribution in [0.5, 0.6) is 0 Å². The molecule has 8 heteroatoms. The number of rotatable bonds is 6. The second-order valence-corrected chi connectivity index (χ2v) is 10.7. The number of hydrogen-bond acceptors (Lipinski definition) is 5. The molecule has 0 aromatic heterocycles. The number of fused-ring (bicyclic) bond motifs is 1. The van der Waals surface area contributed by atoms with Crippen LogP contribution >= 0.6 is 0 Å². The maximum atomic E-state index is 13.2. The predicted molar refractivity (Wildman–Crippen MR) is 130 cm³/mol. The SMILES string of the molecule is O=C1C[C@@H](N2CCN(S(=O)(=O)c3ccc4ccccc4c3)CC2)C(=O)N1CCc1ccccc1. The highest BCUT2D eigenvalue weighted by Gasteiger charge is 2.43. The van der Waals surface area contributed by atoms with Crippen molar-refractivity contribution in [3.8, 4) is 0 Å². The summed E-state index contributed by atoms with van der Waals surface area (Å²) in [6.07, 6.45) is 0.786. The Morgan fingerprint density at radius 3 is 2.21 bits per heavy atom. The van der Waals surface area contributed by atoms with E-state index < -0.39 is 16.1 Å². The van der Waals surface area contributed by atoms with Crippen molar-refractivity contribution in [1.82, 2.24) is 14.1 Å². The molecule has 34 heavy (non-hydrogen) atoms. The molecule has 2 aliphatic rings. The second-order valence-electron chi connectivity index (χ2n) is 8.79. The third kappa shape index (κ3) is 4.36. The number of hydrogen-bond donors (Lipinski definition) is 0. The number of imide groups is 1. The van der Waals surface area contributed by atoms with Gasteiger partial charge in [0, 0.05) is 32.7 Å². The molecule has 7 nitrogen and oxygen atoms in total. The Hall–Kier alpha value is -3.07. The van der Waals surface area contributed by atoms with Crippen molar-refractivity contribution in [2.75, 3.05) is 32.7 Å². The molecule has 5 rings (SSSR count). The summed E-state index contributed by atoms with van der Waals surface area (Å²) in [6.45, 7) is 1.79. The highest BCUT2D eigenvalue weighted by molar-refractivity contribution is 7.89. The van der Waals surface area contributed by atoms with Crippen LogP contribution in [0.2, 0.25) is 0 Å². The first-order chi connectivity index (χ1) is 16.4. The summed E-state index contributed by atoms with van der Waals surface area (Å²) in [4.78, 5) is 29.1. The van der Waals surface area contributed by atoms with Crippen molar-refractivity contribution in [2.24, 2.45) is 0 Å². The molecule has 176 valence electrons. The van der Waals surface area contributed by atoms with Crippen LogP contribution in [0.4, 0.5) is 0 Å². The Balaban J connectivity index is 1.22. The van der Waals surface area contributed by atoms with Gasteiger partial charge in [-0.25, -0.2) is 8.42 Å². The minimum Gasteiger partial charge on any atom is -0.289 e. The van der Waals surface area contributed by atoms with Gasteiger partial charge in [0.05, 0.1) is 17.4 Å². The van der Waals surface area contributed by atoms with Crippen LogP contribution < -0.4 is 0 Å². The van der Waals surface area contributed by atoms with Crippen LogP contribution in [0, 0.1) is 0 Å². The van der Waals surface area contributed by atoms with E-state index in [0.29, 0.717) is 26.1 Å². The standard InChI is InChI=1S/C26H27N3O4S/c30-25-19-24(26(31)29(25)13-12-20-6-2-1-3-7-20)27-14-16-28(17-15-27)34(32,33)23-11-10-21-8-4-5-9-22(21)18-23/h1-11,18,24H,12-17,19H2/t24-/m1/s1. The fraction of sp³-hybridized carbons (Fsp3) is 0.308. The van der Waals surface area contributed by atoms with Crippen LogP contribution in [0.3, 0.4) is 0 Å². The quantitative estimate of drug-likeness (QED) is 0.510. The molecule has 0 bridgehead atoms. The van der Waals surface area contributed by atoms with E-state index in [1.165, 1.54) is 9.21 Å². The van der Waals surface area contributed by atoms with E-state index in [1.54, 1.807) is 12.1 Å². The van der Waals surface area contributed by atoms with E-state index in [9.17, 15) is 18.0 Å². The predicted octanol–water partition coefficient (Wildman–Crippen LogP) is 2.52. The van der Waals surface area contributed by atoms with Crippen molar-refractivity contribution < 1.29 is 18.0 Å². The minimum absolute atomic E-state index is 0.155. The largest absolute Gasteiger partial charge is 0.289 e. The smallest absolute Gasteiger partial charge is 0.247 e. The van der Waals surface area contributed by atoms with Crippen molar-refractivity contribution >= 4 is 32.6 Å². The average molecular weight is 478 g/mol. The third-order valence-corrected chi connectivity index (χ3v) is 8.65. The van der Waals surface area contributed by atoms with Crippen LogP contribution in [-0.2, 0) is 26.0 Å². The van der Waals surface area contributed by atoms with Gasteiger partial charge in [0.25, 0.3) is 0 Å². The number of carbonyl (C=O) groups is 2. The summed E-state index contributed by atoms with van der Waals surface area (Å²) in [6, 6.07) is 22.1. The van der Waals surface area contributed by atoms with E-state index >= 15 is 0 Å². The van der Waals surface area contributed by atoms with Gasteiger partial charge >= 0.3 is 0 Å². The number of likely N-dealkylation sites (tertiary alicyclic amines) is 1. The van der Waals surface area contributed by atoms with Gasteiger partial charge in [-0.1, -0.05) is 60.7 Å². The summed E-state index contributed by atoms with van der Waals surface area (Å²) >= 11 is 0. The van der Waals surface area contributed by atoms with Crippen LogP contribution in [0.25, 0.3) is 10.8 Å². The normalized spacial score (nSPS) is 20.4. The molecule has 2 heterocycles. The summed E-state index contributed by atoms with van der Waals surface area (Å²) in [5, 5.41) is 1.88. The molecule has 0 aliphatic carbocycles. The van der Waals surface area contributed by atoms with Gasteiger partial charge in [-0.3, -0.25) is 19.4 Å². The molecule has 0 spiro atoms. The van der Waals surface area contributed by atoms with Gasteiger partial charge in [0.15, 0.2) is 0 Å². The van der Waals surface area contributed by atoms with Gasteiger partial charge in [-0.2, -0.15) is 4.31 Å². The van der Waals surface area contributed by atoms with E-state index in [-0.39, 0.29) is 36.2 Å². The van der Waals surface area contributed by atoms with Gasteiger partial charge in [-0.05, 0) is 34.9 Å². The Kier molecular flexibility index (Phi) is 6.20. The molecule has 0 saturated carbocycles. The van der Waals surface area contributed by atoms with Crippen LogP contribution in [0.15, 0.2) is 77.7 Å². The summed E-state index contributed by atoms with van der Waals surface area (Å²) in [5.74, 6) is -0.330. The highest BCUT2D eigenvalue weighted by atomic mass is 32.2. The first-order valence-electron chi connectivity index (χ1n) is 11.5. The minimum atomic E-state index is -3.63. The number of piperazine rings is 1. The molecule has 0 N–H and O–H groups in total.